The summed E-state index contributed by atoms with van der Waals surface area (Å²) in [5.74, 6) is -0.677. The molecule has 0 fully saturated rings. The van der Waals surface area contributed by atoms with E-state index in [0.29, 0.717) is 48.6 Å². The lowest BCUT2D eigenvalue weighted by molar-refractivity contribution is -0.0435. The van der Waals surface area contributed by atoms with E-state index in [1.54, 1.807) is 12.1 Å². The van der Waals surface area contributed by atoms with Crippen molar-refractivity contribution in [1.82, 2.24) is 14.9 Å². The van der Waals surface area contributed by atoms with Crippen molar-refractivity contribution in [1.29, 1.82) is 0 Å². The number of rotatable bonds is 20. The first-order valence-corrected chi connectivity index (χ1v) is 24.0. The number of carbonyl (C=O) groups excluding carboxylic acids is 1. The van der Waals surface area contributed by atoms with Gasteiger partial charge in [0, 0.05) is 65.2 Å². The minimum atomic E-state index is -6.04. The highest BCUT2D eigenvalue weighted by Crippen LogP contribution is 2.37. The lowest BCUT2D eigenvalue weighted by Gasteiger charge is -2.26. The fraction of sp³-hybridized carbons (Fsp3) is 0.372. The summed E-state index contributed by atoms with van der Waals surface area (Å²) in [5.41, 5.74) is -1.58. The lowest BCUT2D eigenvalue weighted by atomic mass is 9.87. The summed E-state index contributed by atoms with van der Waals surface area (Å²) >= 11 is 7.53. The molecule has 324 valence electrons. The van der Waals surface area contributed by atoms with Crippen LogP contribution in [0.1, 0.15) is 61.9 Å². The summed E-state index contributed by atoms with van der Waals surface area (Å²) in [6.45, 7) is 6.51. The molecule has 5 rings (SSSR count). The molecule has 0 aliphatic heterocycles. The van der Waals surface area contributed by atoms with E-state index in [1.807, 2.05) is 73.0 Å². The van der Waals surface area contributed by atoms with Gasteiger partial charge in [-0.2, -0.15) is 13.2 Å². The van der Waals surface area contributed by atoms with Gasteiger partial charge in [-0.1, -0.05) is 47.5 Å². The first-order chi connectivity index (χ1) is 28.4. The molecule has 0 saturated heterocycles. The Morgan fingerprint density at radius 1 is 0.883 bits per heavy atom. The standard InChI is InChI=1S/C43H51ClF3N5O5S3/c1-30(2)52(3)26-23-36(29-58-37-10-5-4-6-11-37)50-40-22-21-38(27-41(40)59(54,55)43(45,46)47)60(56,57)51-42(53)32-15-19-35(20-16-32)49-25-24-48-28-33-9-7-8-12-39(33)31-13-17-34(44)18-14-31/h4-6,10-11,13-22,27,30,36,48-50H,7-9,12,23-26,28-29H2,1-3H3,(H,51,53)/t36-/m1/s1. The number of hydrogen-bond acceptors (Lipinski definition) is 10. The van der Waals surface area contributed by atoms with Crippen LogP contribution in [0.3, 0.4) is 0 Å². The zero-order chi connectivity index (χ0) is 43.5. The third kappa shape index (κ3) is 13.0. The number of thioether (sulfide) groups is 1. The van der Waals surface area contributed by atoms with Gasteiger partial charge in [-0.3, -0.25) is 4.79 Å². The van der Waals surface area contributed by atoms with E-state index in [9.17, 15) is 34.8 Å². The Bertz CT molecular complexity index is 2310. The Balaban J connectivity index is 1.24. The highest BCUT2D eigenvalue weighted by molar-refractivity contribution is 7.99. The number of anilines is 2. The summed E-state index contributed by atoms with van der Waals surface area (Å²) in [4.78, 5) is 14.0. The number of halogens is 4. The van der Waals surface area contributed by atoms with Crippen LogP contribution in [0.4, 0.5) is 24.5 Å². The molecule has 4 aromatic carbocycles. The molecule has 0 heterocycles. The molecule has 0 saturated carbocycles. The molecular weight excluding hydrogens is 855 g/mol. The van der Waals surface area contributed by atoms with Crippen LogP contribution in [0.5, 0.6) is 0 Å². The van der Waals surface area contributed by atoms with E-state index in [2.05, 4.69) is 28.1 Å². The van der Waals surface area contributed by atoms with Gasteiger partial charge in [-0.25, -0.2) is 21.6 Å². The fourth-order valence-electron chi connectivity index (χ4n) is 6.56. The second kappa shape index (κ2) is 21.1. The smallest absolute Gasteiger partial charge is 0.384 e. The molecule has 10 nitrogen and oxygen atoms in total. The van der Waals surface area contributed by atoms with Gasteiger partial charge >= 0.3 is 5.51 Å². The molecule has 0 radical (unpaired) electrons. The SMILES string of the molecule is CC(C)N(C)CC[C@H](CSc1ccccc1)Nc1ccc(S(=O)(=O)NC(=O)c2ccc(NCCNCC3=C(c4ccc(Cl)cc4)CCCC3)cc2)cc1S(=O)(=O)C(F)(F)F. The number of amides is 1. The number of carbonyl (C=O) groups is 1. The predicted octanol–water partition coefficient (Wildman–Crippen LogP) is 9.08. The van der Waals surface area contributed by atoms with E-state index in [1.165, 1.54) is 40.6 Å². The molecule has 0 aromatic heterocycles. The number of sulfonamides is 1. The first-order valence-electron chi connectivity index (χ1n) is 19.6. The van der Waals surface area contributed by atoms with Crippen molar-refractivity contribution in [2.75, 3.05) is 49.6 Å². The van der Waals surface area contributed by atoms with Crippen LogP contribution < -0.4 is 20.7 Å². The molecular formula is C43H51ClF3N5O5S3. The molecule has 0 bridgehead atoms. The number of benzene rings is 4. The molecule has 1 aliphatic rings. The van der Waals surface area contributed by atoms with E-state index >= 15 is 0 Å². The number of alkyl halides is 3. The van der Waals surface area contributed by atoms with Crippen LogP contribution in [-0.4, -0.2) is 84.2 Å². The Kier molecular flexibility index (Phi) is 16.6. The van der Waals surface area contributed by atoms with Crippen LogP contribution in [-0.2, 0) is 19.9 Å². The van der Waals surface area contributed by atoms with Crippen molar-refractivity contribution in [3.63, 3.8) is 0 Å². The maximum absolute atomic E-state index is 14.1. The third-order valence-corrected chi connectivity index (χ3v) is 14.5. The van der Waals surface area contributed by atoms with Crippen LogP contribution in [0, 0.1) is 0 Å². The van der Waals surface area contributed by atoms with E-state index in [0.717, 1.165) is 49.3 Å². The summed E-state index contributed by atoms with van der Waals surface area (Å²) in [6, 6.07) is 25.3. The van der Waals surface area contributed by atoms with Crippen LogP contribution in [0.15, 0.2) is 117 Å². The molecule has 60 heavy (non-hydrogen) atoms. The molecule has 1 aliphatic carbocycles. The van der Waals surface area contributed by atoms with Crippen molar-refractivity contribution in [3.8, 4) is 0 Å². The summed E-state index contributed by atoms with van der Waals surface area (Å²) in [5, 5.41) is 10.4. The van der Waals surface area contributed by atoms with Crippen molar-refractivity contribution < 1.29 is 34.8 Å². The largest absolute Gasteiger partial charge is 0.501 e. The van der Waals surface area contributed by atoms with Gasteiger partial charge in [-0.15, -0.1) is 11.8 Å². The fourth-order valence-corrected chi connectivity index (χ4v) is 9.70. The average molecular weight is 907 g/mol. The summed E-state index contributed by atoms with van der Waals surface area (Å²) in [7, 11) is -8.96. The predicted molar refractivity (Wildman–Crippen MR) is 236 cm³/mol. The quantitative estimate of drug-likeness (QED) is 0.0503. The average Bonchev–Trinajstić information content (AvgIpc) is 3.22. The second-order valence-corrected chi connectivity index (χ2v) is 20.0. The van der Waals surface area contributed by atoms with Gasteiger partial charge in [0.15, 0.2) is 0 Å². The molecule has 17 heteroatoms. The Hall–Kier alpha value is -4.06. The monoisotopic (exact) mass is 905 g/mol. The Labute approximate surface area is 360 Å². The van der Waals surface area contributed by atoms with Gasteiger partial charge in [0.25, 0.3) is 25.8 Å². The number of nitrogens with one attached hydrogen (secondary N) is 4. The number of hydrogen-bond donors (Lipinski definition) is 4. The highest BCUT2D eigenvalue weighted by Gasteiger charge is 2.48. The zero-order valence-corrected chi connectivity index (χ0v) is 36.9. The molecule has 1 atom stereocenters. The molecule has 4 N–H and O–H groups in total. The topological polar surface area (TPSA) is 137 Å². The lowest BCUT2D eigenvalue weighted by Crippen LogP contribution is -2.34. The minimum Gasteiger partial charge on any atom is -0.384 e. The highest BCUT2D eigenvalue weighted by atomic mass is 35.5. The number of sulfone groups is 1. The van der Waals surface area contributed by atoms with Crippen molar-refractivity contribution in [3.05, 3.63) is 119 Å². The zero-order valence-electron chi connectivity index (χ0n) is 33.7. The second-order valence-electron chi connectivity index (χ2n) is 14.8. The van der Waals surface area contributed by atoms with Crippen LogP contribution >= 0.6 is 23.4 Å². The van der Waals surface area contributed by atoms with Crippen molar-refractivity contribution in [2.24, 2.45) is 0 Å². The van der Waals surface area contributed by atoms with Crippen LogP contribution in [0.25, 0.3) is 5.57 Å². The summed E-state index contributed by atoms with van der Waals surface area (Å²) in [6.07, 6.45) is 4.78. The number of nitrogens with zero attached hydrogens (tertiary/aromatic N) is 1. The first kappa shape index (κ1) is 47.0. The van der Waals surface area contributed by atoms with E-state index < -0.39 is 52.8 Å². The van der Waals surface area contributed by atoms with Gasteiger partial charge in [-0.05, 0) is 131 Å². The Morgan fingerprint density at radius 2 is 1.57 bits per heavy atom. The normalized spacial score (nSPS) is 14.3. The van der Waals surface area contributed by atoms with Crippen molar-refractivity contribution in [2.45, 2.75) is 78.2 Å². The van der Waals surface area contributed by atoms with Gasteiger partial charge in [0.1, 0.15) is 4.90 Å². The van der Waals surface area contributed by atoms with Crippen molar-refractivity contribution >= 4 is 66.1 Å². The summed E-state index contributed by atoms with van der Waals surface area (Å²) < 4.78 is 96.7. The maximum Gasteiger partial charge on any atom is 0.501 e. The van der Waals surface area contributed by atoms with E-state index in [4.69, 9.17) is 11.6 Å². The van der Waals surface area contributed by atoms with Gasteiger partial charge < -0.3 is 20.9 Å². The van der Waals surface area contributed by atoms with Crippen LogP contribution in [0.2, 0.25) is 5.02 Å². The number of allylic oxidation sites excluding steroid dienone is 1. The van der Waals surface area contributed by atoms with Gasteiger partial charge in [0.2, 0.25) is 0 Å². The van der Waals surface area contributed by atoms with Gasteiger partial charge in [0.05, 0.1) is 10.6 Å². The van der Waals surface area contributed by atoms with E-state index in [-0.39, 0.29) is 11.6 Å². The molecule has 0 unspecified atom stereocenters. The molecule has 1 amide bonds. The third-order valence-electron chi connectivity index (χ3n) is 10.2. The minimum absolute atomic E-state index is 0.0345. The molecule has 0 spiro atoms. The maximum atomic E-state index is 14.1. The Morgan fingerprint density at radius 3 is 2.23 bits per heavy atom. The molecule has 4 aromatic rings.